The third-order valence-electron chi connectivity index (χ3n) is 20.8. The quantitative estimate of drug-likeness (QED) is 0.00667. The number of nitrogen functional groups attached to an aromatic ring is 3. The number of hydrogen-bond donors (Lipinski definition) is 13. The molecule has 2 unspecified atom stereocenters. The van der Waals surface area contributed by atoms with E-state index in [0.717, 1.165) is 138 Å². The molecule has 39 heteroatoms. The number of carbonyl (C=O) groups excluding carboxylic acids is 5. The molecule has 0 fully saturated rings. The molecule has 8 aromatic heterocycles. The fourth-order valence-corrected chi connectivity index (χ4v) is 15.7. The number of fused-ring (bicyclic) bond motifs is 5. The van der Waals surface area contributed by atoms with E-state index in [-0.39, 0.29) is 40.7 Å². The van der Waals surface area contributed by atoms with Gasteiger partial charge in [-0.15, -0.1) is 0 Å². The Morgan fingerprint density at radius 1 is 0.548 bits per heavy atom. The molecule has 7 aromatic carbocycles. The van der Waals surface area contributed by atoms with Gasteiger partial charge in [-0.25, -0.2) is 9.97 Å². The number of imidazole rings is 2. The van der Waals surface area contributed by atoms with Crippen molar-refractivity contribution in [3.05, 3.63) is 214 Å². The molecule has 642 valence electrons. The maximum atomic E-state index is 11.7. The number of nitro benzene ring substituents is 1. The summed E-state index contributed by atoms with van der Waals surface area (Å²) in [5.74, 6) is 0.460. The van der Waals surface area contributed by atoms with E-state index in [4.69, 9.17) is 47.4 Å². The van der Waals surface area contributed by atoms with Crippen molar-refractivity contribution >= 4 is 175 Å². The summed E-state index contributed by atoms with van der Waals surface area (Å²) in [4.78, 5) is 99.7. The Morgan fingerprint density at radius 3 is 1.44 bits per heavy atom. The van der Waals surface area contributed by atoms with E-state index in [1.807, 2.05) is 145 Å². The molecule has 0 bridgehead atoms. The van der Waals surface area contributed by atoms with Crippen LogP contribution in [0.15, 0.2) is 165 Å². The van der Waals surface area contributed by atoms with Crippen LogP contribution in [0.4, 0.5) is 45.5 Å². The highest BCUT2D eigenvalue weighted by Crippen LogP contribution is 2.42. The molecule has 0 saturated heterocycles. The van der Waals surface area contributed by atoms with Gasteiger partial charge in [0.05, 0.1) is 66.6 Å². The molecule has 15 aromatic rings. The van der Waals surface area contributed by atoms with Crippen molar-refractivity contribution in [1.29, 1.82) is 0 Å². The number of aromatic amines is 3. The monoisotopic (exact) mass is 1730 g/mol. The lowest BCUT2D eigenvalue weighted by Crippen LogP contribution is -2.36. The van der Waals surface area contributed by atoms with E-state index >= 15 is 0 Å². The number of rotatable bonds is 24. The molecule has 8 heterocycles. The predicted molar refractivity (Wildman–Crippen MR) is 510 cm³/mol. The van der Waals surface area contributed by atoms with Gasteiger partial charge >= 0.3 is 14.1 Å². The van der Waals surface area contributed by atoms with Crippen LogP contribution in [0.2, 0.25) is 13.6 Å². The number of hydrogen-bond acceptors (Lipinski definition) is 23. The summed E-state index contributed by atoms with van der Waals surface area (Å²) < 4.78 is 3.58. The number of benzene rings is 7. The minimum absolute atomic E-state index is 0.0345. The number of pyridine rings is 3. The number of para-hydroxylation sites is 4. The van der Waals surface area contributed by atoms with Crippen molar-refractivity contribution < 1.29 is 38.9 Å². The molecule has 0 aliphatic heterocycles. The molecule has 4 radical (unpaired) electrons. The summed E-state index contributed by atoms with van der Waals surface area (Å²) >= 11 is 0. The molecule has 33 nitrogen and oxygen atoms in total. The minimum atomic E-state index is -1.03. The van der Waals surface area contributed by atoms with Crippen LogP contribution >= 0.6 is 15.9 Å². The molecular weight excluding hydrogens is 1630 g/mol. The zero-order valence-electron chi connectivity index (χ0n) is 72.4. The average molecular weight is 1730 g/mol. The number of nitrogens with zero attached hydrogens (tertiary/aromatic N) is 13. The van der Waals surface area contributed by atoms with Gasteiger partial charge in [0.15, 0.2) is 17.9 Å². The van der Waals surface area contributed by atoms with Crippen LogP contribution in [0.5, 0.6) is 0 Å². The number of anilines is 7. The molecule has 0 spiro atoms. The smallest absolute Gasteiger partial charge is 0.376 e. The number of amides is 4. The van der Waals surface area contributed by atoms with Crippen molar-refractivity contribution in [1.82, 2.24) is 79.1 Å². The van der Waals surface area contributed by atoms with E-state index in [1.165, 1.54) is 57.0 Å². The molecule has 0 aliphatic rings. The number of nitrogens with one attached hydrogen (secondary N) is 8. The Hall–Kier alpha value is -13.4. The second kappa shape index (κ2) is 41.9. The Kier molecular flexibility index (Phi) is 31.0. The first kappa shape index (κ1) is 93.3. The molecule has 0 saturated carbocycles. The molecule has 16 N–H and O–H groups in total. The fourth-order valence-electron chi connectivity index (χ4n) is 14.2. The lowest BCUT2D eigenvalue weighted by atomic mass is 9.84. The Morgan fingerprint density at radius 2 is 0.968 bits per heavy atom. The van der Waals surface area contributed by atoms with Crippen LogP contribution in [-0.4, -0.2) is 181 Å². The first-order chi connectivity index (χ1) is 60.2. The van der Waals surface area contributed by atoms with Crippen LogP contribution in [0.3, 0.4) is 0 Å². The SMILES string of the molecule is CC(=O)Nc1cccc(N)c1N.CC(=O)Nc1cccc([N+](=O)[O-])c1N.CCNCc1cncc(-c2ccc3[nH]nc(-c4nc5c(NC(C)=O)cccc5[nH]4)c3c2)c1C.[B]P(C)n1nc(-c2nc3c(NC(C)=O)cccc3[nH]2)c2cc(-c3cncc(CN(CC)B(C)O)c3C)ccc21.[B]P(C)n1nc(C=O)c2cc(-c3cncc(CN(CC)B(C)O)c3C)ccc21. The average Bonchev–Trinajstić information content (AvgIpc) is 1.61. The highest BCUT2D eigenvalue weighted by atomic mass is 31.1. The van der Waals surface area contributed by atoms with Crippen molar-refractivity contribution in [2.75, 3.05) is 71.4 Å². The lowest BCUT2D eigenvalue weighted by molar-refractivity contribution is -0.383. The normalized spacial score (nSPS) is 11.5. The van der Waals surface area contributed by atoms with Crippen LogP contribution in [-0.2, 0) is 38.8 Å². The number of nitrogens with two attached hydrogens (primary N) is 3. The van der Waals surface area contributed by atoms with E-state index < -0.39 is 34.9 Å². The van der Waals surface area contributed by atoms with E-state index in [1.54, 1.807) is 36.3 Å². The number of aromatic nitrogens is 13. The summed E-state index contributed by atoms with van der Waals surface area (Å²) in [6.45, 7) is 29.9. The summed E-state index contributed by atoms with van der Waals surface area (Å²) in [5, 5.41) is 64.1. The summed E-state index contributed by atoms with van der Waals surface area (Å²) in [7, 11) is 9.32. The second-order valence-electron chi connectivity index (χ2n) is 29.8. The molecular formula is C87H98B4N24O9P2. The fraction of sp³-hybridized carbons (Fsp3) is 0.230. The topological polar surface area (TPSA) is 474 Å². The minimum Gasteiger partial charge on any atom is -0.437 e. The van der Waals surface area contributed by atoms with Gasteiger partial charge in [-0.05, 0) is 212 Å². The van der Waals surface area contributed by atoms with Crippen molar-refractivity contribution in [2.24, 2.45) is 0 Å². The summed E-state index contributed by atoms with van der Waals surface area (Å²) in [6.07, 6.45) is 12.0. The van der Waals surface area contributed by atoms with Crippen LogP contribution in [0, 0.1) is 30.9 Å². The zero-order chi connectivity index (χ0) is 91.1. The van der Waals surface area contributed by atoms with E-state index in [9.17, 15) is 44.1 Å². The maximum Gasteiger partial charge on any atom is 0.376 e. The zero-order valence-corrected chi connectivity index (χ0v) is 74.2. The second-order valence-corrected chi connectivity index (χ2v) is 32.8. The maximum absolute atomic E-state index is 11.7. The number of H-pyrrole nitrogens is 3. The third-order valence-corrected chi connectivity index (χ3v) is 22.6. The van der Waals surface area contributed by atoms with E-state index in [2.05, 4.69) is 119 Å². The van der Waals surface area contributed by atoms with E-state index in [0.29, 0.717) is 75.6 Å². The van der Waals surface area contributed by atoms with Gasteiger partial charge in [-0.1, -0.05) is 63.2 Å². The Bertz CT molecular complexity index is 6530. The molecule has 2 atom stereocenters. The first-order valence-corrected chi connectivity index (χ1v) is 43.9. The standard InChI is InChI=1S/C27H30B2N7O2P.C25H25N7O.C19H23B2N4O2P.C8H9N3O3.C8H11N3O/c1-6-35(29(4)38)15-19-13-30-14-21(16(19)2)18-10-11-24-20(12-18)25(34-36(24)39(5)28)27-32-23-9-7-8-22(26(23)33-27)31-17(3)37;1-4-26-11-17-12-27-13-19(14(17)2)16-8-9-20-18(10-16)23(32-31-20)25-29-22-7-5-6-21(24(22)30-25)28-15(3)33;1-5-24(21(3)27)11-15-9-22-10-17(13(15)2)14-6-7-19-16(8-14)18(12-26)23-25(19)28(4)20;1-5(12)10-6-3-2-4-7(8(6)9)11(13)14;1-5(12)11-7-4-2-3-6(9)8(7)10/h7-14,38H,6,15H2,1-5H3,(H,31,37)(H,32,33);5-10,12-13,26H,4,11H2,1-3H3,(H,28,33)(H,29,30)(H,31,32);6-10,12,27H,5,11H2,1-4H3;2-4H,9H2,1H3,(H,10,12);2-4H,9-10H2,1H3,(H,11,12). The van der Waals surface area contributed by atoms with Gasteiger partial charge < -0.3 is 73.4 Å². The first-order valence-electron chi connectivity index (χ1n) is 40.3. The molecule has 126 heavy (non-hydrogen) atoms. The Balaban J connectivity index is 0.000000162. The van der Waals surface area contributed by atoms with Gasteiger partial charge in [0, 0.05) is 123 Å². The molecule has 15 rings (SSSR count). The number of carbonyl (C=O) groups is 5. The van der Waals surface area contributed by atoms with Gasteiger partial charge in [0.1, 0.15) is 48.9 Å². The Labute approximate surface area is 733 Å². The van der Waals surface area contributed by atoms with Gasteiger partial charge in [-0.2, -0.15) is 15.3 Å². The third kappa shape index (κ3) is 21.9. The van der Waals surface area contributed by atoms with Gasteiger partial charge in [-0.3, -0.25) is 63.0 Å². The summed E-state index contributed by atoms with van der Waals surface area (Å²) in [6, 6.07) is 39.0. The highest BCUT2D eigenvalue weighted by Gasteiger charge is 2.25. The largest absolute Gasteiger partial charge is 0.437 e. The van der Waals surface area contributed by atoms with Crippen LogP contribution in [0.1, 0.15) is 92.3 Å². The van der Waals surface area contributed by atoms with Crippen molar-refractivity contribution in [2.45, 2.75) is 103 Å². The van der Waals surface area contributed by atoms with Gasteiger partial charge in [0.2, 0.25) is 23.6 Å². The van der Waals surface area contributed by atoms with Crippen LogP contribution < -0.4 is 43.8 Å². The predicted octanol–water partition coefficient (Wildman–Crippen LogP) is 14.4. The number of nitro groups is 1. The molecule has 0 aliphatic carbocycles. The van der Waals surface area contributed by atoms with Crippen molar-refractivity contribution in [3.63, 3.8) is 0 Å². The van der Waals surface area contributed by atoms with Crippen molar-refractivity contribution in [3.8, 4) is 56.4 Å². The summed E-state index contributed by atoms with van der Waals surface area (Å²) in [5.41, 5.74) is 39.7. The highest BCUT2D eigenvalue weighted by molar-refractivity contribution is 7.80. The van der Waals surface area contributed by atoms with Crippen LogP contribution in [0.25, 0.3) is 111 Å². The molecule has 4 amide bonds. The van der Waals surface area contributed by atoms with Gasteiger partial charge in [0.25, 0.3) is 5.69 Å². The lowest BCUT2D eigenvalue weighted by Gasteiger charge is -2.22. The number of aldehydes is 1.